The number of urea groups is 1. The first-order valence-corrected chi connectivity index (χ1v) is 5.09. The molecule has 88 valence electrons. The molecule has 0 aromatic carbocycles. The number of pyridine rings is 1. The van der Waals surface area contributed by atoms with Gasteiger partial charge in [-0.25, -0.2) is 4.79 Å². The van der Waals surface area contributed by atoms with E-state index in [2.05, 4.69) is 10.6 Å². The minimum absolute atomic E-state index is 0.0143. The first kappa shape index (κ1) is 12.3. The van der Waals surface area contributed by atoms with E-state index in [1.807, 2.05) is 6.07 Å². The van der Waals surface area contributed by atoms with Crippen LogP contribution in [0.15, 0.2) is 29.2 Å². The fourth-order valence-corrected chi connectivity index (χ4v) is 1.24. The Labute approximate surface area is 93.4 Å². The molecule has 0 saturated carbocycles. The van der Waals surface area contributed by atoms with E-state index in [1.54, 1.807) is 16.8 Å². The summed E-state index contributed by atoms with van der Waals surface area (Å²) in [6, 6.07) is 4.52. The molecule has 1 rings (SSSR count). The zero-order valence-corrected chi connectivity index (χ0v) is 8.98. The highest BCUT2D eigenvalue weighted by Gasteiger charge is 1.93. The number of rotatable bonds is 6. The molecule has 2 amide bonds. The molecule has 0 fully saturated rings. The predicted molar refractivity (Wildman–Crippen MR) is 61.2 cm³/mol. The van der Waals surface area contributed by atoms with E-state index in [0.29, 0.717) is 26.2 Å². The van der Waals surface area contributed by atoms with Gasteiger partial charge in [-0.05, 0) is 6.07 Å². The molecule has 1 aromatic rings. The monoisotopic (exact) mass is 224 g/mol. The molecule has 16 heavy (non-hydrogen) atoms. The first-order valence-electron chi connectivity index (χ1n) is 5.09. The summed E-state index contributed by atoms with van der Waals surface area (Å²) in [5, 5.41) is 5.55. The van der Waals surface area contributed by atoms with Crippen LogP contribution in [-0.2, 0) is 6.54 Å². The Morgan fingerprint density at radius 3 is 2.81 bits per heavy atom. The van der Waals surface area contributed by atoms with Crippen LogP contribution in [0.25, 0.3) is 0 Å². The zero-order chi connectivity index (χ0) is 11.8. The minimum atomic E-state index is -0.527. The standard InChI is InChI=1S/C10H16N4O2/c11-10(16)13-5-4-12-6-8-14-7-2-1-3-9(14)15/h1-3,7,12H,4-6,8H2,(H3,11,13,16). The van der Waals surface area contributed by atoms with Crippen molar-refractivity contribution in [3.63, 3.8) is 0 Å². The molecule has 4 N–H and O–H groups in total. The molecular formula is C10H16N4O2. The number of nitrogens with zero attached hydrogens (tertiary/aromatic N) is 1. The summed E-state index contributed by atoms with van der Waals surface area (Å²) in [4.78, 5) is 21.6. The van der Waals surface area contributed by atoms with Crippen molar-refractivity contribution in [2.75, 3.05) is 19.6 Å². The normalized spacial score (nSPS) is 10.0. The van der Waals surface area contributed by atoms with Crippen LogP contribution in [0, 0.1) is 0 Å². The summed E-state index contributed by atoms with van der Waals surface area (Å²) < 4.78 is 1.62. The van der Waals surface area contributed by atoms with Gasteiger partial charge in [0.2, 0.25) is 0 Å². The van der Waals surface area contributed by atoms with Crippen LogP contribution in [0.5, 0.6) is 0 Å². The third-order valence-corrected chi connectivity index (χ3v) is 2.03. The van der Waals surface area contributed by atoms with Crippen molar-refractivity contribution in [3.05, 3.63) is 34.7 Å². The Kier molecular flexibility index (Phi) is 5.07. The van der Waals surface area contributed by atoms with Crippen molar-refractivity contribution < 1.29 is 4.79 Å². The quantitative estimate of drug-likeness (QED) is 0.547. The van der Waals surface area contributed by atoms with Crippen molar-refractivity contribution in [1.82, 2.24) is 15.2 Å². The number of hydrogen-bond donors (Lipinski definition) is 3. The van der Waals surface area contributed by atoms with Gasteiger partial charge < -0.3 is 20.9 Å². The van der Waals surface area contributed by atoms with Crippen LogP contribution in [0.2, 0.25) is 0 Å². The fraction of sp³-hybridized carbons (Fsp3) is 0.400. The first-order chi connectivity index (χ1) is 7.70. The lowest BCUT2D eigenvalue weighted by Crippen LogP contribution is -2.36. The molecule has 0 bridgehead atoms. The van der Waals surface area contributed by atoms with Gasteiger partial charge in [0, 0.05) is 38.4 Å². The van der Waals surface area contributed by atoms with Crippen LogP contribution in [0.3, 0.4) is 0 Å². The number of nitrogens with one attached hydrogen (secondary N) is 2. The Hall–Kier alpha value is -1.82. The lowest BCUT2D eigenvalue weighted by Gasteiger charge is -2.06. The summed E-state index contributed by atoms with van der Waals surface area (Å²) in [6.07, 6.45) is 1.74. The predicted octanol–water partition coefficient (Wildman–Crippen LogP) is -0.894. The third-order valence-electron chi connectivity index (χ3n) is 2.03. The molecule has 0 aliphatic heterocycles. The summed E-state index contributed by atoms with van der Waals surface area (Å²) in [7, 11) is 0. The number of aromatic nitrogens is 1. The average Bonchev–Trinajstić information content (AvgIpc) is 2.25. The molecule has 0 radical (unpaired) electrons. The topological polar surface area (TPSA) is 89.2 Å². The van der Waals surface area contributed by atoms with Crippen molar-refractivity contribution in [2.45, 2.75) is 6.54 Å². The number of carbonyl (C=O) groups excluding carboxylic acids is 1. The van der Waals surface area contributed by atoms with Gasteiger partial charge >= 0.3 is 6.03 Å². The number of hydrogen-bond acceptors (Lipinski definition) is 3. The van der Waals surface area contributed by atoms with Crippen molar-refractivity contribution in [2.24, 2.45) is 5.73 Å². The van der Waals surface area contributed by atoms with Crippen LogP contribution in [0.4, 0.5) is 4.79 Å². The second-order valence-corrected chi connectivity index (χ2v) is 3.27. The van der Waals surface area contributed by atoms with Crippen LogP contribution < -0.4 is 21.9 Å². The van der Waals surface area contributed by atoms with Gasteiger partial charge in [0.25, 0.3) is 5.56 Å². The van der Waals surface area contributed by atoms with Gasteiger partial charge in [-0.2, -0.15) is 0 Å². The van der Waals surface area contributed by atoms with Crippen molar-refractivity contribution in [3.8, 4) is 0 Å². The Morgan fingerprint density at radius 1 is 1.31 bits per heavy atom. The fourth-order valence-electron chi connectivity index (χ4n) is 1.24. The number of nitrogens with two attached hydrogens (primary N) is 1. The number of primary amides is 1. The molecule has 0 unspecified atom stereocenters. The molecule has 6 nitrogen and oxygen atoms in total. The van der Waals surface area contributed by atoms with E-state index < -0.39 is 6.03 Å². The smallest absolute Gasteiger partial charge is 0.312 e. The van der Waals surface area contributed by atoms with Gasteiger partial charge in [-0.3, -0.25) is 4.79 Å². The molecule has 0 aliphatic carbocycles. The highest BCUT2D eigenvalue weighted by Crippen LogP contribution is 1.80. The average molecular weight is 224 g/mol. The van der Waals surface area contributed by atoms with Gasteiger partial charge in [-0.1, -0.05) is 6.07 Å². The molecule has 1 aromatic heterocycles. The van der Waals surface area contributed by atoms with Crippen LogP contribution >= 0.6 is 0 Å². The number of carbonyl (C=O) groups is 1. The van der Waals surface area contributed by atoms with Crippen LogP contribution in [-0.4, -0.2) is 30.2 Å². The second kappa shape index (κ2) is 6.62. The molecule has 0 saturated heterocycles. The molecule has 1 heterocycles. The van der Waals surface area contributed by atoms with Gasteiger partial charge in [0.1, 0.15) is 0 Å². The van der Waals surface area contributed by atoms with E-state index in [1.165, 1.54) is 6.07 Å². The molecule has 0 spiro atoms. The highest BCUT2D eigenvalue weighted by molar-refractivity contribution is 5.71. The van der Waals surface area contributed by atoms with Crippen LogP contribution in [0.1, 0.15) is 0 Å². The van der Waals surface area contributed by atoms with E-state index in [0.717, 1.165) is 0 Å². The van der Waals surface area contributed by atoms with Gasteiger partial charge in [0.15, 0.2) is 0 Å². The molecule has 0 atom stereocenters. The maximum Gasteiger partial charge on any atom is 0.312 e. The molecular weight excluding hydrogens is 208 g/mol. The Morgan fingerprint density at radius 2 is 2.12 bits per heavy atom. The Balaban J connectivity index is 2.14. The van der Waals surface area contributed by atoms with E-state index in [9.17, 15) is 9.59 Å². The van der Waals surface area contributed by atoms with Gasteiger partial charge in [0.05, 0.1) is 0 Å². The largest absolute Gasteiger partial charge is 0.352 e. The van der Waals surface area contributed by atoms with Crippen molar-refractivity contribution >= 4 is 6.03 Å². The SMILES string of the molecule is NC(=O)NCCNCCn1ccccc1=O. The summed E-state index contributed by atoms with van der Waals surface area (Å²) in [5.41, 5.74) is 4.88. The molecule has 6 heteroatoms. The number of amides is 2. The minimum Gasteiger partial charge on any atom is -0.352 e. The maximum absolute atomic E-state index is 11.3. The third kappa shape index (κ3) is 4.61. The Bertz CT molecular complexity index is 388. The summed E-state index contributed by atoms with van der Waals surface area (Å²) in [6.45, 7) is 2.39. The second-order valence-electron chi connectivity index (χ2n) is 3.27. The van der Waals surface area contributed by atoms with E-state index in [4.69, 9.17) is 5.73 Å². The van der Waals surface area contributed by atoms with E-state index in [-0.39, 0.29) is 5.56 Å². The summed E-state index contributed by atoms with van der Waals surface area (Å²) >= 11 is 0. The highest BCUT2D eigenvalue weighted by atomic mass is 16.2. The maximum atomic E-state index is 11.3. The lowest BCUT2D eigenvalue weighted by molar-refractivity contribution is 0.249. The molecule has 0 aliphatic rings. The zero-order valence-electron chi connectivity index (χ0n) is 8.98. The van der Waals surface area contributed by atoms with Gasteiger partial charge in [-0.15, -0.1) is 0 Å². The van der Waals surface area contributed by atoms with Crippen molar-refractivity contribution in [1.29, 1.82) is 0 Å². The lowest BCUT2D eigenvalue weighted by atomic mass is 10.4. The summed E-state index contributed by atoms with van der Waals surface area (Å²) in [5.74, 6) is 0. The van der Waals surface area contributed by atoms with E-state index >= 15 is 0 Å².